The van der Waals surface area contributed by atoms with Crippen LogP contribution in [0.1, 0.15) is 24.5 Å². The SMILES string of the molecule is C=C[C@@H]1CN2CCC1C[C@H]2[C@@H](O)c1ccnc2ccc(OC)cc12.O.O=S(=O)(O)O. The Morgan fingerprint density at radius 2 is 2.03 bits per heavy atom. The highest BCUT2D eigenvalue weighted by Crippen LogP contribution is 2.42. The van der Waals surface area contributed by atoms with Gasteiger partial charge in [-0.15, -0.1) is 6.58 Å². The van der Waals surface area contributed by atoms with Crippen molar-refractivity contribution in [1.29, 1.82) is 0 Å². The minimum absolute atomic E-state index is 0. The number of benzene rings is 1. The van der Waals surface area contributed by atoms with Crippen LogP contribution < -0.4 is 4.74 Å². The normalized spacial score (nSPS) is 26.1. The van der Waals surface area contributed by atoms with E-state index in [4.69, 9.17) is 22.3 Å². The van der Waals surface area contributed by atoms with E-state index in [1.54, 1.807) is 13.3 Å². The zero-order valence-electron chi connectivity index (χ0n) is 16.7. The van der Waals surface area contributed by atoms with Gasteiger partial charge in [0.1, 0.15) is 5.75 Å². The fraction of sp³-hybridized carbons (Fsp3) is 0.450. The number of aromatic nitrogens is 1. The maximum absolute atomic E-state index is 11.2. The molecule has 0 radical (unpaired) electrons. The Morgan fingerprint density at radius 1 is 1.33 bits per heavy atom. The van der Waals surface area contributed by atoms with Gasteiger partial charge in [-0.2, -0.15) is 8.42 Å². The van der Waals surface area contributed by atoms with Crippen LogP contribution in [0.25, 0.3) is 10.9 Å². The molecule has 10 heteroatoms. The first-order valence-electron chi connectivity index (χ1n) is 9.38. The number of rotatable bonds is 4. The zero-order valence-corrected chi connectivity index (χ0v) is 17.5. The minimum Gasteiger partial charge on any atom is -0.497 e. The monoisotopic (exact) mass is 440 g/mol. The smallest absolute Gasteiger partial charge is 0.394 e. The molecule has 166 valence electrons. The van der Waals surface area contributed by atoms with Crippen molar-refractivity contribution in [3.05, 3.63) is 48.7 Å². The third kappa shape index (κ3) is 5.54. The van der Waals surface area contributed by atoms with Crippen LogP contribution in [0.3, 0.4) is 0 Å². The van der Waals surface area contributed by atoms with Gasteiger partial charge in [-0.25, -0.2) is 0 Å². The third-order valence-electron chi connectivity index (χ3n) is 5.82. The highest BCUT2D eigenvalue weighted by atomic mass is 32.3. The van der Waals surface area contributed by atoms with Crippen LogP contribution in [-0.4, -0.2) is 64.2 Å². The number of aliphatic hydroxyl groups is 1. The predicted octanol–water partition coefficient (Wildman–Crippen LogP) is 1.70. The molecule has 1 aromatic carbocycles. The molecule has 1 aromatic heterocycles. The van der Waals surface area contributed by atoms with E-state index in [-0.39, 0.29) is 11.5 Å². The van der Waals surface area contributed by atoms with Gasteiger partial charge in [0.05, 0.1) is 18.7 Å². The maximum atomic E-state index is 11.2. The van der Waals surface area contributed by atoms with Crippen LogP contribution in [0.15, 0.2) is 43.1 Å². The molecule has 5 rings (SSSR count). The molecule has 4 heterocycles. The first kappa shape index (κ1) is 24.2. The number of hydrogen-bond acceptors (Lipinski definition) is 6. The summed E-state index contributed by atoms with van der Waals surface area (Å²) in [7, 11) is -3.01. The minimum atomic E-state index is -4.67. The van der Waals surface area contributed by atoms with Gasteiger partial charge in [0.25, 0.3) is 0 Å². The van der Waals surface area contributed by atoms with Crippen LogP contribution in [0.5, 0.6) is 5.75 Å². The number of pyridine rings is 1. The van der Waals surface area contributed by atoms with Gasteiger partial charge >= 0.3 is 10.4 Å². The van der Waals surface area contributed by atoms with E-state index < -0.39 is 16.5 Å². The van der Waals surface area contributed by atoms with Crippen molar-refractivity contribution in [2.75, 3.05) is 20.2 Å². The largest absolute Gasteiger partial charge is 0.497 e. The standard InChI is InChI=1S/C20H24N2O2.H2O4S.H2O/c1-3-13-12-22-9-7-14(13)10-19(22)20(23)16-6-8-21-18-5-4-15(24-2)11-17(16)18;1-5(2,3)4;/h3-6,8,11,13-14,19-20,23H,1,7,9-10,12H2,2H3;(H2,1,2,3,4);1H2/t13-,14?,19+,20+;;/m1../s1. The second-order valence-corrected chi connectivity index (χ2v) is 8.32. The summed E-state index contributed by atoms with van der Waals surface area (Å²) in [4.78, 5) is 6.86. The molecule has 5 atom stereocenters. The number of aliphatic hydroxyl groups excluding tert-OH is 1. The number of nitrogens with zero attached hydrogens (tertiary/aromatic N) is 2. The van der Waals surface area contributed by atoms with E-state index >= 15 is 0 Å². The van der Waals surface area contributed by atoms with E-state index in [9.17, 15) is 5.11 Å². The van der Waals surface area contributed by atoms with Crippen LogP contribution in [0.2, 0.25) is 0 Å². The quantitative estimate of drug-likeness (QED) is 0.480. The van der Waals surface area contributed by atoms with Crippen LogP contribution in [0, 0.1) is 11.8 Å². The fourth-order valence-electron chi connectivity index (χ4n) is 4.44. The van der Waals surface area contributed by atoms with E-state index in [1.807, 2.05) is 24.3 Å². The van der Waals surface area contributed by atoms with Crippen molar-refractivity contribution in [1.82, 2.24) is 9.88 Å². The molecule has 5 N–H and O–H groups in total. The van der Waals surface area contributed by atoms with Crippen molar-refractivity contribution in [3.63, 3.8) is 0 Å². The van der Waals surface area contributed by atoms with E-state index in [1.165, 1.54) is 6.42 Å². The Morgan fingerprint density at radius 3 is 2.60 bits per heavy atom. The Balaban J connectivity index is 0.000000482. The van der Waals surface area contributed by atoms with Crippen LogP contribution >= 0.6 is 0 Å². The number of hydrogen-bond donors (Lipinski definition) is 3. The van der Waals surface area contributed by atoms with Crippen molar-refractivity contribution in [3.8, 4) is 5.75 Å². The van der Waals surface area contributed by atoms with Gasteiger partial charge in [-0.1, -0.05) is 6.08 Å². The molecule has 0 aliphatic carbocycles. The summed E-state index contributed by atoms with van der Waals surface area (Å²) in [6, 6.07) is 7.96. The summed E-state index contributed by atoms with van der Waals surface area (Å²) in [6.45, 7) is 6.07. The molecule has 2 unspecified atom stereocenters. The van der Waals surface area contributed by atoms with Crippen molar-refractivity contribution in [2.24, 2.45) is 11.8 Å². The van der Waals surface area contributed by atoms with Crippen LogP contribution in [0.4, 0.5) is 0 Å². The van der Waals surface area contributed by atoms with E-state index in [2.05, 4.69) is 22.5 Å². The molecular weight excluding hydrogens is 412 g/mol. The molecule has 3 fully saturated rings. The van der Waals surface area contributed by atoms with Crippen molar-refractivity contribution in [2.45, 2.75) is 25.0 Å². The molecule has 0 spiro atoms. The first-order chi connectivity index (χ1) is 13.7. The van der Waals surface area contributed by atoms with E-state index in [0.717, 1.165) is 41.7 Å². The van der Waals surface area contributed by atoms with E-state index in [0.29, 0.717) is 11.8 Å². The molecule has 2 aromatic rings. The molecular formula is C20H28N2O7S. The van der Waals surface area contributed by atoms with Crippen LogP contribution in [-0.2, 0) is 10.4 Å². The fourth-order valence-corrected chi connectivity index (χ4v) is 4.44. The molecule has 30 heavy (non-hydrogen) atoms. The van der Waals surface area contributed by atoms with Gasteiger partial charge in [0.15, 0.2) is 0 Å². The molecule has 3 saturated heterocycles. The lowest BCUT2D eigenvalue weighted by atomic mass is 9.73. The Hall–Kier alpha value is -2.08. The summed E-state index contributed by atoms with van der Waals surface area (Å²) in [5.74, 6) is 2.01. The molecule has 3 aliphatic rings. The van der Waals surface area contributed by atoms with Crippen molar-refractivity contribution >= 4 is 21.3 Å². The molecule has 0 saturated carbocycles. The second kappa shape index (κ2) is 9.82. The highest BCUT2D eigenvalue weighted by molar-refractivity contribution is 7.79. The predicted molar refractivity (Wildman–Crippen MR) is 113 cm³/mol. The Labute approximate surface area is 175 Å². The topological polar surface area (TPSA) is 152 Å². The third-order valence-corrected chi connectivity index (χ3v) is 5.82. The first-order valence-corrected chi connectivity index (χ1v) is 10.8. The number of piperidine rings is 3. The summed E-state index contributed by atoms with van der Waals surface area (Å²) in [5.41, 5.74) is 1.85. The lowest BCUT2D eigenvalue weighted by Crippen LogP contribution is -2.54. The Kier molecular flexibility index (Phi) is 7.92. The Bertz CT molecular complexity index is 974. The summed E-state index contributed by atoms with van der Waals surface area (Å²) >= 11 is 0. The summed E-state index contributed by atoms with van der Waals surface area (Å²) < 4.78 is 36.9. The summed E-state index contributed by atoms with van der Waals surface area (Å²) in [5, 5.41) is 12.1. The number of fused-ring (bicyclic) bond motifs is 4. The maximum Gasteiger partial charge on any atom is 0.394 e. The number of ether oxygens (including phenoxy) is 1. The van der Waals surface area contributed by atoms with Gasteiger partial charge in [-0.3, -0.25) is 19.0 Å². The number of methoxy groups -OCH3 is 1. The lowest BCUT2D eigenvalue weighted by Gasteiger charge is -2.50. The van der Waals surface area contributed by atoms with Gasteiger partial charge < -0.3 is 15.3 Å². The lowest BCUT2D eigenvalue weighted by molar-refractivity contribution is -0.0444. The van der Waals surface area contributed by atoms with Gasteiger partial charge in [0, 0.05) is 24.2 Å². The second-order valence-electron chi connectivity index (χ2n) is 7.42. The van der Waals surface area contributed by atoms with Crippen molar-refractivity contribution < 1.29 is 32.8 Å². The summed E-state index contributed by atoms with van der Waals surface area (Å²) in [6.07, 6.45) is 5.62. The highest BCUT2D eigenvalue weighted by Gasteiger charge is 2.42. The molecule has 9 nitrogen and oxygen atoms in total. The van der Waals surface area contributed by atoms with Gasteiger partial charge in [0.2, 0.25) is 0 Å². The zero-order chi connectivity index (χ0) is 21.2. The van der Waals surface area contributed by atoms with Gasteiger partial charge in [-0.05, 0) is 61.1 Å². The molecule has 0 amide bonds. The molecule has 2 bridgehead atoms. The average molecular weight is 441 g/mol. The molecule has 3 aliphatic heterocycles. The average Bonchev–Trinajstić information content (AvgIpc) is 2.71.